The van der Waals surface area contributed by atoms with Crippen LogP contribution in [0, 0.1) is 5.82 Å². The average molecular weight is 367 g/mol. The molecule has 0 atom stereocenters. The van der Waals surface area contributed by atoms with Crippen molar-refractivity contribution >= 4 is 17.6 Å². The number of hydrogen-bond donors (Lipinski definition) is 3. The molecule has 3 rings (SSSR count). The van der Waals surface area contributed by atoms with Gasteiger partial charge in [0.15, 0.2) is 0 Å². The Kier molecular flexibility index (Phi) is 5.84. The van der Waals surface area contributed by atoms with Gasteiger partial charge in [-0.2, -0.15) is 0 Å². The first kappa shape index (κ1) is 18.2. The highest BCUT2D eigenvalue weighted by Crippen LogP contribution is 2.10. The number of anilines is 1. The first-order chi connectivity index (χ1) is 13.1. The predicted octanol–water partition coefficient (Wildman–Crippen LogP) is 3.67. The summed E-state index contributed by atoms with van der Waals surface area (Å²) in [5.41, 5.74) is 1.82. The maximum absolute atomic E-state index is 12.9. The van der Waals surface area contributed by atoms with Crippen molar-refractivity contribution < 1.29 is 18.4 Å². The lowest BCUT2D eigenvalue weighted by atomic mass is 10.1. The van der Waals surface area contributed by atoms with Crippen LogP contribution in [0.2, 0.25) is 0 Å². The molecule has 0 fully saturated rings. The number of carbonyl (C=O) groups is 2. The quantitative estimate of drug-likeness (QED) is 0.622. The summed E-state index contributed by atoms with van der Waals surface area (Å²) < 4.78 is 18.0. The van der Waals surface area contributed by atoms with Crippen molar-refractivity contribution in [3.8, 4) is 0 Å². The SMILES string of the molecule is O=C(NCc1ccco1)Nc1ccc(C(=O)NCc2ccc(F)cc2)cc1. The highest BCUT2D eigenvalue weighted by molar-refractivity contribution is 5.95. The van der Waals surface area contributed by atoms with Gasteiger partial charge in [0.1, 0.15) is 11.6 Å². The summed E-state index contributed by atoms with van der Waals surface area (Å²) in [5, 5.41) is 8.10. The molecule has 7 heteroatoms. The smallest absolute Gasteiger partial charge is 0.319 e. The monoisotopic (exact) mass is 367 g/mol. The van der Waals surface area contributed by atoms with Gasteiger partial charge in [-0.1, -0.05) is 12.1 Å². The van der Waals surface area contributed by atoms with Crippen molar-refractivity contribution in [1.82, 2.24) is 10.6 Å². The van der Waals surface area contributed by atoms with E-state index in [0.29, 0.717) is 23.6 Å². The van der Waals surface area contributed by atoms with Gasteiger partial charge in [0.05, 0.1) is 12.8 Å². The second-order valence-corrected chi connectivity index (χ2v) is 5.77. The topological polar surface area (TPSA) is 83.4 Å². The highest BCUT2D eigenvalue weighted by Gasteiger charge is 2.07. The zero-order valence-electron chi connectivity index (χ0n) is 14.4. The van der Waals surface area contributed by atoms with Crippen LogP contribution >= 0.6 is 0 Å². The standard InChI is InChI=1S/C20H18FN3O3/c21-16-7-3-14(4-8-16)12-22-19(25)15-5-9-17(10-6-15)24-20(26)23-13-18-2-1-11-27-18/h1-11H,12-13H2,(H,22,25)(H2,23,24,26). The molecule has 3 N–H and O–H groups in total. The van der Waals surface area contributed by atoms with E-state index >= 15 is 0 Å². The molecule has 0 radical (unpaired) electrons. The van der Waals surface area contributed by atoms with Crippen molar-refractivity contribution in [2.45, 2.75) is 13.1 Å². The summed E-state index contributed by atoms with van der Waals surface area (Å²) in [7, 11) is 0. The van der Waals surface area contributed by atoms with Crippen LogP contribution < -0.4 is 16.0 Å². The summed E-state index contributed by atoms with van der Waals surface area (Å²) in [6.45, 7) is 0.580. The van der Waals surface area contributed by atoms with Crippen LogP contribution in [0.15, 0.2) is 71.3 Å². The molecule has 2 aromatic carbocycles. The van der Waals surface area contributed by atoms with Crippen LogP contribution in [0.25, 0.3) is 0 Å². The zero-order chi connectivity index (χ0) is 19.1. The van der Waals surface area contributed by atoms with Crippen molar-refractivity contribution in [2.24, 2.45) is 0 Å². The Labute approximate surface area is 155 Å². The first-order valence-corrected chi connectivity index (χ1v) is 8.30. The molecular weight excluding hydrogens is 349 g/mol. The van der Waals surface area contributed by atoms with Gasteiger partial charge < -0.3 is 20.4 Å². The van der Waals surface area contributed by atoms with E-state index in [9.17, 15) is 14.0 Å². The van der Waals surface area contributed by atoms with E-state index in [-0.39, 0.29) is 24.3 Å². The Morgan fingerprint density at radius 3 is 2.30 bits per heavy atom. The number of amides is 3. The fourth-order valence-electron chi connectivity index (χ4n) is 2.35. The van der Waals surface area contributed by atoms with Crippen LogP contribution in [-0.2, 0) is 13.1 Å². The molecule has 0 saturated carbocycles. The van der Waals surface area contributed by atoms with Gasteiger partial charge in [-0.3, -0.25) is 4.79 Å². The van der Waals surface area contributed by atoms with Crippen molar-refractivity contribution in [3.05, 3.63) is 89.6 Å². The van der Waals surface area contributed by atoms with E-state index in [4.69, 9.17) is 4.42 Å². The van der Waals surface area contributed by atoms with E-state index < -0.39 is 0 Å². The van der Waals surface area contributed by atoms with Crippen molar-refractivity contribution in [3.63, 3.8) is 0 Å². The minimum Gasteiger partial charge on any atom is -0.467 e. The summed E-state index contributed by atoms with van der Waals surface area (Å²) in [6, 6.07) is 15.6. The normalized spacial score (nSPS) is 10.3. The second kappa shape index (κ2) is 8.66. The molecule has 0 unspecified atom stereocenters. The van der Waals surface area contributed by atoms with Gasteiger partial charge in [-0.25, -0.2) is 9.18 Å². The van der Waals surface area contributed by atoms with Crippen LogP contribution in [0.5, 0.6) is 0 Å². The van der Waals surface area contributed by atoms with Crippen LogP contribution in [0.1, 0.15) is 21.7 Å². The minimum atomic E-state index is -0.375. The molecule has 27 heavy (non-hydrogen) atoms. The fraction of sp³-hybridized carbons (Fsp3) is 0.100. The molecule has 1 heterocycles. The number of furan rings is 1. The lowest BCUT2D eigenvalue weighted by Crippen LogP contribution is -2.28. The van der Waals surface area contributed by atoms with Crippen LogP contribution in [-0.4, -0.2) is 11.9 Å². The van der Waals surface area contributed by atoms with Gasteiger partial charge in [0.25, 0.3) is 5.91 Å². The minimum absolute atomic E-state index is 0.256. The van der Waals surface area contributed by atoms with E-state index in [2.05, 4.69) is 16.0 Å². The number of carbonyl (C=O) groups excluding carboxylic acids is 2. The van der Waals surface area contributed by atoms with E-state index in [1.165, 1.54) is 18.4 Å². The summed E-state index contributed by atoms with van der Waals surface area (Å²) in [5.74, 6) is 0.0767. The third-order valence-corrected chi connectivity index (χ3v) is 3.77. The third-order valence-electron chi connectivity index (χ3n) is 3.77. The molecule has 3 amide bonds. The van der Waals surface area contributed by atoms with Crippen molar-refractivity contribution in [1.29, 1.82) is 0 Å². The Morgan fingerprint density at radius 1 is 0.889 bits per heavy atom. The van der Waals surface area contributed by atoms with Gasteiger partial charge in [-0.15, -0.1) is 0 Å². The number of benzene rings is 2. The Bertz CT molecular complexity index is 891. The van der Waals surface area contributed by atoms with Crippen LogP contribution in [0.4, 0.5) is 14.9 Å². The lowest BCUT2D eigenvalue weighted by Gasteiger charge is -2.08. The lowest BCUT2D eigenvalue weighted by molar-refractivity contribution is 0.0951. The largest absolute Gasteiger partial charge is 0.467 e. The molecular formula is C20H18FN3O3. The Balaban J connectivity index is 1.47. The van der Waals surface area contributed by atoms with E-state index in [1.807, 2.05) is 0 Å². The molecule has 0 aliphatic carbocycles. The Hall–Kier alpha value is -3.61. The molecule has 0 aliphatic heterocycles. The second-order valence-electron chi connectivity index (χ2n) is 5.77. The van der Waals surface area contributed by atoms with Gasteiger partial charge >= 0.3 is 6.03 Å². The predicted molar refractivity (Wildman–Crippen MR) is 98.6 cm³/mol. The molecule has 6 nitrogen and oxygen atoms in total. The summed E-state index contributed by atoms with van der Waals surface area (Å²) >= 11 is 0. The number of nitrogens with one attached hydrogen (secondary N) is 3. The van der Waals surface area contributed by atoms with Crippen molar-refractivity contribution in [2.75, 3.05) is 5.32 Å². The van der Waals surface area contributed by atoms with Crippen LogP contribution in [0.3, 0.4) is 0 Å². The molecule has 138 valence electrons. The molecule has 1 aromatic heterocycles. The molecule has 3 aromatic rings. The zero-order valence-corrected chi connectivity index (χ0v) is 14.4. The first-order valence-electron chi connectivity index (χ1n) is 8.30. The molecule has 0 aliphatic rings. The Morgan fingerprint density at radius 2 is 1.63 bits per heavy atom. The number of hydrogen-bond acceptors (Lipinski definition) is 3. The number of rotatable bonds is 6. The molecule has 0 spiro atoms. The third kappa shape index (κ3) is 5.43. The number of urea groups is 1. The van der Waals surface area contributed by atoms with Gasteiger partial charge in [0.2, 0.25) is 0 Å². The summed E-state index contributed by atoms with van der Waals surface area (Å²) in [4.78, 5) is 24.0. The fourth-order valence-corrected chi connectivity index (χ4v) is 2.35. The van der Waals surface area contributed by atoms with E-state index in [0.717, 1.165) is 5.56 Å². The van der Waals surface area contributed by atoms with Gasteiger partial charge in [-0.05, 0) is 54.1 Å². The molecule has 0 saturated heterocycles. The van der Waals surface area contributed by atoms with Gasteiger partial charge in [0, 0.05) is 17.8 Å². The number of halogens is 1. The van der Waals surface area contributed by atoms with E-state index in [1.54, 1.807) is 48.5 Å². The summed E-state index contributed by atoms with van der Waals surface area (Å²) in [6.07, 6.45) is 1.54. The maximum atomic E-state index is 12.9. The highest BCUT2D eigenvalue weighted by atomic mass is 19.1. The maximum Gasteiger partial charge on any atom is 0.319 e. The molecule has 0 bridgehead atoms. The average Bonchev–Trinajstić information content (AvgIpc) is 3.20.